The molecule has 3 saturated heterocycles. The first-order valence-electron chi connectivity index (χ1n) is 13.8. The molecule has 7 nitrogen and oxygen atoms in total. The van der Waals surface area contributed by atoms with Gasteiger partial charge in [-0.1, -0.05) is 72.8 Å². The molecule has 3 aromatic rings. The summed E-state index contributed by atoms with van der Waals surface area (Å²) in [5, 5.41) is 12.8. The number of rotatable bonds is 9. The van der Waals surface area contributed by atoms with Gasteiger partial charge in [-0.25, -0.2) is 4.79 Å². The normalized spacial score (nSPS) is 25.9. The van der Waals surface area contributed by atoms with Crippen LogP contribution in [0.5, 0.6) is 0 Å². The van der Waals surface area contributed by atoms with E-state index < -0.39 is 18.0 Å². The molecule has 3 aliphatic heterocycles. The molecular weight excluding hydrogens is 492 g/mol. The van der Waals surface area contributed by atoms with Gasteiger partial charge < -0.3 is 14.6 Å². The van der Waals surface area contributed by atoms with E-state index in [2.05, 4.69) is 17.3 Å². The van der Waals surface area contributed by atoms with Gasteiger partial charge in [-0.3, -0.25) is 15.0 Å². The number of benzene rings is 3. The number of epoxide rings is 1. The van der Waals surface area contributed by atoms with Crippen LogP contribution in [0, 0.1) is 5.92 Å². The van der Waals surface area contributed by atoms with E-state index in [1.165, 1.54) is 0 Å². The molecule has 0 spiro atoms. The van der Waals surface area contributed by atoms with Crippen LogP contribution >= 0.6 is 0 Å². The Morgan fingerprint density at radius 3 is 2.31 bits per heavy atom. The van der Waals surface area contributed by atoms with Gasteiger partial charge in [0, 0.05) is 30.5 Å². The average Bonchev–Trinajstić information content (AvgIpc) is 3.70. The Kier molecular flexibility index (Phi) is 7.11. The number of anilines is 1. The zero-order chi connectivity index (χ0) is 26.9. The van der Waals surface area contributed by atoms with Gasteiger partial charge in [-0.2, -0.15) is 0 Å². The van der Waals surface area contributed by atoms with E-state index in [0.717, 1.165) is 35.1 Å². The number of hydrogen-bond acceptors (Lipinski definition) is 5. The Morgan fingerprint density at radius 2 is 1.64 bits per heavy atom. The number of amides is 1. The van der Waals surface area contributed by atoms with E-state index in [1.54, 1.807) is 0 Å². The molecule has 0 saturated carbocycles. The van der Waals surface area contributed by atoms with Crippen LogP contribution in [0.2, 0.25) is 0 Å². The molecule has 6 rings (SSSR count). The highest BCUT2D eigenvalue weighted by Crippen LogP contribution is 2.48. The number of fused-ring (bicyclic) bond motifs is 5. The SMILES string of the molecule is CN1[C@@H]2C[C@@H](OC(=O)Nc3cc(CCC(Cc4ccccc4)C(=O)O)ccc3-c3ccccc3)C[C@H]1[C@@H]1O[C@@H]12. The minimum absolute atomic E-state index is 0.134. The number of likely N-dealkylation sites (N-methyl/N-ethyl adjacent to an activating group) is 1. The lowest BCUT2D eigenvalue weighted by atomic mass is 9.92. The van der Waals surface area contributed by atoms with Gasteiger partial charge in [0.1, 0.15) is 18.3 Å². The van der Waals surface area contributed by atoms with Crippen molar-refractivity contribution >= 4 is 17.7 Å². The zero-order valence-electron chi connectivity index (χ0n) is 22.0. The summed E-state index contributed by atoms with van der Waals surface area (Å²) >= 11 is 0. The van der Waals surface area contributed by atoms with Crippen LogP contribution in [0.25, 0.3) is 11.1 Å². The molecule has 2 N–H and O–H groups in total. The van der Waals surface area contributed by atoms with E-state index in [4.69, 9.17) is 9.47 Å². The van der Waals surface area contributed by atoms with Crippen molar-refractivity contribution in [3.05, 3.63) is 90.0 Å². The minimum Gasteiger partial charge on any atom is -0.481 e. The van der Waals surface area contributed by atoms with Crippen molar-refractivity contribution < 1.29 is 24.2 Å². The number of morpholine rings is 1. The molecule has 7 heteroatoms. The van der Waals surface area contributed by atoms with E-state index in [-0.39, 0.29) is 18.3 Å². The Balaban J connectivity index is 1.15. The number of ether oxygens (including phenoxy) is 2. The molecule has 1 amide bonds. The lowest BCUT2D eigenvalue weighted by Crippen LogP contribution is -2.48. The van der Waals surface area contributed by atoms with Gasteiger partial charge in [0.25, 0.3) is 0 Å². The zero-order valence-corrected chi connectivity index (χ0v) is 22.0. The van der Waals surface area contributed by atoms with E-state index in [9.17, 15) is 14.7 Å². The number of nitrogens with one attached hydrogen (secondary N) is 1. The first-order valence-corrected chi connectivity index (χ1v) is 13.8. The Morgan fingerprint density at radius 1 is 0.974 bits per heavy atom. The third-order valence-corrected chi connectivity index (χ3v) is 8.51. The molecule has 6 atom stereocenters. The lowest BCUT2D eigenvalue weighted by molar-refractivity contribution is -0.141. The van der Waals surface area contributed by atoms with Crippen LogP contribution in [0.4, 0.5) is 10.5 Å². The summed E-state index contributed by atoms with van der Waals surface area (Å²) in [4.78, 5) is 27.4. The highest BCUT2D eigenvalue weighted by molar-refractivity contribution is 5.91. The van der Waals surface area contributed by atoms with Gasteiger partial charge in [0.05, 0.1) is 11.6 Å². The van der Waals surface area contributed by atoms with E-state index in [0.29, 0.717) is 37.0 Å². The van der Waals surface area contributed by atoms with E-state index in [1.807, 2.05) is 78.9 Å². The molecule has 3 fully saturated rings. The van der Waals surface area contributed by atoms with Gasteiger partial charge in [-0.05, 0) is 49.1 Å². The molecule has 3 heterocycles. The maximum atomic E-state index is 13.1. The van der Waals surface area contributed by atoms with Crippen molar-refractivity contribution in [2.24, 2.45) is 5.92 Å². The predicted octanol–water partition coefficient (Wildman–Crippen LogP) is 5.39. The molecule has 39 heavy (non-hydrogen) atoms. The van der Waals surface area contributed by atoms with Gasteiger partial charge in [0.15, 0.2) is 0 Å². The Hall–Kier alpha value is -3.68. The molecule has 202 valence electrons. The Labute approximate surface area is 228 Å². The first-order chi connectivity index (χ1) is 19.0. The number of carboxylic acid groups (broad SMARTS) is 1. The third-order valence-electron chi connectivity index (χ3n) is 8.51. The summed E-state index contributed by atoms with van der Waals surface area (Å²) in [6.45, 7) is 0. The highest BCUT2D eigenvalue weighted by atomic mass is 16.6. The highest BCUT2D eigenvalue weighted by Gasteiger charge is 2.62. The average molecular weight is 527 g/mol. The second-order valence-corrected chi connectivity index (χ2v) is 11.0. The molecule has 0 radical (unpaired) electrons. The van der Waals surface area contributed by atoms with Crippen LogP contribution in [0.15, 0.2) is 78.9 Å². The minimum atomic E-state index is -0.795. The van der Waals surface area contributed by atoms with Crippen LogP contribution in [0.1, 0.15) is 30.4 Å². The topological polar surface area (TPSA) is 91.4 Å². The van der Waals surface area contributed by atoms with Crippen LogP contribution in [0.3, 0.4) is 0 Å². The monoisotopic (exact) mass is 526 g/mol. The lowest BCUT2D eigenvalue weighted by Gasteiger charge is -2.37. The second-order valence-electron chi connectivity index (χ2n) is 11.0. The van der Waals surface area contributed by atoms with E-state index >= 15 is 0 Å². The molecule has 1 unspecified atom stereocenters. The van der Waals surface area contributed by atoms with Crippen molar-refractivity contribution in [3.63, 3.8) is 0 Å². The van der Waals surface area contributed by atoms with Crippen molar-refractivity contribution in [2.75, 3.05) is 12.4 Å². The number of carbonyl (C=O) groups excluding carboxylic acids is 1. The fourth-order valence-electron chi connectivity index (χ4n) is 6.36. The summed E-state index contributed by atoms with van der Waals surface area (Å²) in [7, 11) is 2.13. The van der Waals surface area contributed by atoms with Crippen molar-refractivity contribution in [1.82, 2.24) is 4.90 Å². The number of carbonyl (C=O) groups is 2. The number of hydrogen-bond donors (Lipinski definition) is 2. The number of piperidine rings is 1. The number of aryl methyl sites for hydroxylation is 1. The quantitative estimate of drug-likeness (QED) is 0.363. The molecule has 0 aromatic heterocycles. The molecule has 3 aromatic carbocycles. The number of nitrogens with zero attached hydrogens (tertiary/aromatic N) is 1. The maximum Gasteiger partial charge on any atom is 0.411 e. The fraction of sp³-hybridized carbons (Fsp3) is 0.375. The fourth-order valence-corrected chi connectivity index (χ4v) is 6.36. The van der Waals surface area contributed by atoms with Gasteiger partial charge in [0.2, 0.25) is 0 Å². The van der Waals surface area contributed by atoms with Crippen molar-refractivity contribution in [1.29, 1.82) is 0 Å². The summed E-state index contributed by atoms with van der Waals surface area (Å²) in [5.41, 5.74) is 4.54. The summed E-state index contributed by atoms with van der Waals surface area (Å²) in [5.74, 6) is -1.28. The Bertz CT molecular complexity index is 1310. The predicted molar refractivity (Wildman–Crippen MR) is 149 cm³/mol. The van der Waals surface area contributed by atoms with Crippen LogP contribution in [-0.2, 0) is 27.1 Å². The van der Waals surface area contributed by atoms with Gasteiger partial charge >= 0.3 is 12.1 Å². The van der Waals surface area contributed by atoms with Crippen molar-refractivity contribution in [2.45, 2.75) is 62.5 Å². The largest absolute Gasteiger partial charge is 0.481 e. The summed E-state index contributed by atoms with van der Waals surface area (Å²) in [6, 6.07) is 26.2. The number of carboxylic acids is 1. The summed E-state index contributed by atoms with van der Waals surface area (Å²) in [6.07, 6.45) is 3.12. The standard InChI is InChI=1S/C32H34N2O5/c1-34-27-18-24(19-28(34)30-29(27)39-30)38-32(37)33-26-17-21(13-15-25(26)22-10-6-3-7-11-22)12-14-23(31(35)36)16-20-8-4-2-5-9-20/h2-11,13,15,17,23-24,27-30H,12,14,16,18-19H2,1H3,(H,33,37)(H,35,36)/t23?,24-,27-,28+,29-,30+. The second kappa shape index (κ2) is 10.8. The maximum absolute atomic E-state index is 13.1. The molecule has 0 aliphatic carbocycles. The van der Waals surface area contributed by atoms with Crippen molar-refractivity contribution in [3.8, 4) is 11.1 Å². The first kappa shape index (κ1) is 25.6. The molecule has 2 bridgehead atoms. The smallest absolute Gasteiger partial charge is 0.411 e. The number of aliphatic carboxylic acids is 1. The summed E-state index contributed by atoms with van der Waals surface area (Å²) < 4.78 is 11.7. The molecule has 3 aliphatic rings. The van der Waals surface area contributed by atoms with Gasteiger partial charge in [-0.15, -0.1) is 0 Å². The van der Waals surface area contributed by atoms with Crippen LogP contribution in [-0.4, -0.2) is 59.5 Å². The third kappa shape index (κ3) is 5.56. The molecular formula is C32H34N2O5. The van der Waals surface area contributed by atoms with Crippen LogP contribution < -0.4 is 5.32 Å².